The third-order valence-electron chi connectivity index (χ3n) is 5.83. The van der Waals surface area contributed by atoms with E-state index in [0.717, 1.165) is 41.0 Å². The lowest BCUT2D eigenvalue weighted by Crippen LogP contribution is -2.46. The zero-order chi connectivity index (χ0) is 19.1. The summed E-state index contributed by atoms with van der Waals surface area (Å²) in [5.41, 5.74) is 1.58. The fourth-order valence-electron chi connectivity index (χ4n) is 4.31. The molecule has 2 aliphatic carbocycles. The Hall–Kier alpha value is -2.46. The number of carbonyl (C=O) groups excluding carboxylic acids is 3. The Morgan fingerprint density at radius 3 is 2.48 bits per heavy atom. The molecule has 0 bridgehead atoms. The topological polar surface area (TPSA) is 90.3 Å². The van der Waals surface area contributed by atoms with Gasteiger partial charge in [-0.15, -0.1) is 11.3 Å². The summed E-state index contributed by atoms with van der Waals surface area (Å²) in [5, 5.41) is 12.9. The molecule has 0 spiro atoms. The molecule has 1 aromatic rings. The molecule has 4 rings (SSSR count). The monoisotopic (exact) mass is 383 g/mol. The van der Waals surface area contributed by atoms with E-state index >= 15 is 0 Å². The molecule has 140 valence electrons. The van der Waals surface area contributed by atoms with Crippen molar-refractivity contribution in [2.75, 3.05) is 5.32 Å². The van der Waals surface area contributed by atoms with Gasteiger partial charge in [0.2, 0.25) is 17.7 Å². The average molecular weight is 383 g/mol. The zero-order valence-electron chi connectivity index (χ0n) is 15.2. The number of nitrogens with zero attached hydrogens (tertiary/aromatic N) is 2. The van der Waals surface area contributed by atoms with Gasteiger partial charge < -0.3 is 5.32 Å². The second-order valence-electron chi connectivity index (χ2n) is 7.39. The van der Waals surface area contributed by atoms with Crippen molar-refractivity contribution in [1.82, 2.24) is 4.90 Å². The number of nitriles is 1. The molecule has 3 aliphatic rings. The summed E-state index contributed by atoms with van der Waals surface area (Å²) in [6.45, 7) is 1.58. The lowest BCUT2D eigenvalue weighted by atomic mass is 9.85. The van der Waals surface area contributed by atoms with Crippen LogP contribution in [0.25, 0.3) is 0 Å². The maximum Gasteiger partial charge on any atom is 0.248 e. The highest BCUT2D eigenvalue weighted by atomic mass is 32.1. The maximum atomic E-state index is 12.8. The number of imide groups is 1. The summed E-state index contributed by atoms with van der Waals surface area (Å²) in [5.74, 6) is -1.63. The third kappa shape index (κ3) is 2.88. The average Bonchev–Trinajstić information content (AvgIpc) is 3.16. The van der Waals surface area contributed by atoms with E-state index in [4.69, 9.17) is 0 Å². The van der Waals surface area contributed by atoms with Gasteiger partial charge in [0, 0.05) is 4.88 Å². The van der Waals surface area contributed by atoms with E-state index in [9.17, 15) is 19.6 Å². The number of nitrogens with one attached hydrogen (secondary N) is 1. The Balaban J connectivity index is 1.54. The number of allylic oxidation sites excluding steroid dienone is 2. The van der Waals surface area contributed by atoms with Crippen LogP contribution in [0.2, 0.25) is 0 Å². The van der Waals surface area contributed by atoms with Crippen LogP contribution in [0.3, 0.4) is 0 Å². The number of hydrogen-bond donors (Lipinski definition) is 1. The summed E-state index contributed by atoms with van der Waals surface area (Å²) >= 11 is 1.44. The quantitative estimate of drug-likeness (QED) is 0.642. The highest BCUT2D eigenvalue weighted by molar-refractivity contribution is 7.16. The molecule has 6 nitrogen and oxygen atoms in total. The van der Waals surface area contributed by atoms with E-state index in [-0.39, 0.29) is 23.7 Å². The van der Waals surface area contributed by atoms with Crippen LogP contribution in [0.5, 0.6) is 0 Å². The van der Waals surface area contributed by atoms with E-state index in [1.165, 1.54) is 11.3 Å². The summed E-state index contributed by atoms with van der Waals surface area (Å²) < 4.78 is 0. The molecule has 7 heteroatoms. The van der Waals surface area contributed by atoms with Gasteiger partial charge in [-0.05, 0) is 51.0 Å². The van der Waals surface area contributed by atoms with E-state index in [0.29, 0.717) is 23.4 Å². The standard InChI is InChI=1S/C20H21N3O3S/c1-11(23-19(25)13-7-2-3-8-14(13)20(23)26)17(24)22-18-15(10-21)12-6-4-5-9-16(12)27-18/h2-3,11,13-14H,4-9H2,1H3,(H,22,24)/t11-,13?,14?/m0/s1. The van der Waals surface area contributed by atoms with Gasteiger partial charge >= 0.3 is 0 Å². The van der Waals surface area contributed by atoms with Crippen LogP contribution in [-0.4, -0.2) is 28.7 Å². The van der Waals surface area contributed by atoms with Gasteiger partial charge in [0.15, 0.2) is 0 Å². The van der Waals surface area contributed by atoms with Crippen LogP contribution in [0, 0.1) is 23.2 Å². The van der Waals surface area contributed by atoms with Crippen LogP contribution in [0.15, 0.2) is 12.2 Å². The van der Waals surface area contributed by atoms with Crippen molar-refractivity contribution >= 4 is 34.1 Å². The predicted octanol–water partition coefficient (Wildman–Crippen LogP) is 2.78. The number of carbonyl (C=O) groups is 3. The molecular weight excluding hydrogens is 362 g/mol. The number of fused-ring (bicyclic) bond motifs is 2. The van der Waals surface area contributed by atoms with Crippen molar-refractivity contribution < 1.29 is 14.4 Å². The number of hydrogen-bond acceptors (Lipinski definition) is 5. The first-order chi connectivity index (χ1) is 13.0. The van der Waals surface area contributed by atoms with Gasteiger partial charge in [-0.25, -0.2) is 0 Å². The van der Waals surface area contributed by atoms with Crippen LogP contribution < -0.4 is 5.32 Å². The third-order valence-corrected chi connectivity index (χ3v) is 7.04. The minimum atomic E-state index is -0.888. The number of likely N-dealkylation sites (tertiary alicyclic amines) is 1. The van der Waals surface area contributed by atoms with Crippen molar-refractivity contribution in [2.24, 2.45) is 11.8 Å². The number of anilines is 1. The molecular formula is C20H21N3O3S. The van der Waals surface area contributed by atoms with E-state index in [2.05, 4.69) is 11.4 Å². The Labute approximate surface area is 161 Å². The minimum absolute atomic E-state index is 0.261. The summed E-state index contributed by atoms with van der Waals surface area (Å²) in [4.78, 5) is 40.4. The van der Waals surface area contributed by atoms with Gasteiger partial charge in [-0.2, -0.15) is 5.26 Å². The van der Waals surface area contributed by atoms with Crippen molar-refractivity contribution in [1.29, 1.82) is 5.26 Å². The zero-order valence-corrected chi connectivity index (χ0v) is 16.0. The first kappa shape index (κ1) is 17.9. The molecule has 1 fully saturated rings. The Morgan fingerprint density at radius 1 is 1.22 bits per heavy atom. The normalized spacial score (nSPS) is 25.0. The minimum Gasteiger partial charge on any atom is -0.315 e. The number of rotatable bonds is 3. The first-order valence-corrected chi connectivity index (χ1v) is 10.2. The molecule has 2 heterocycles. The second kappa shape index (κ2) is 6.93. The van der Waals surface area contributed by atoms with Gasteiger partial charge in [0.05, 0.1) is 17.4 Å². The molecule has 3 amide bonds. The lowest BCUT2D eigenvalue weighted by Gasteiger charge is -2.22. The van der Waals surface area contributed by atoms with Crippen molar-refractivity contribution in [2.45, 2.75) is 51.5 Å². The maximum absolute atomic E-state index is 12.8. The van der Waals surface area contributed by atoms with Gasteiger partial charge in [-0.3, -0.25) is 19.3 Å². The fraction of sp³-hybridized carbons (Fsp3) is 0.500. The molecule has 27 heavy (non-hydrogen) atoms. The van der Waals surface area contributed by atoms with Crippen molar-refractivity contribution in [3.05, 3.63) is 28.2 Å². The summed E-state index contributed by atoms with van der Waals surface area (Å²) in [7, 11) is 0. The van der Waals surface area contributed by atoms with Crippen LogP contribution >= 0.6 is 11.3 Å². The highest BCUT2D eigenvalue weighted by Crippen LogP contribution is 2.39. The lowest BCUT2D eigenvalue weighted by molar-refractivity contribution is -0.146. The highest BCUT2D eigenvalue weighted by Gasteiger charge is 2.50. The fourth-order valence-corrected chi connectivity index (χ4v) is 5.56. The molecule has 1 aliphatic heterocycles. The Kier molecular flexibility index (Phi) is 4.60. The predicted molar refractivity (Wildman–Crippen MR) is 101 cm³/mol. The van der Waals surface area contributed by atoms with Crippen LogP contribution in [0.4, 0.5) is 5.00 Å². The van der Waals surface area contributed by atoms with Crippen LogP contribution in [0.1, 0.15) is 48.6 Å². The second-order valence-corrected chi connectivity index (χ2v) is 8.50. The molecule has 0 aromatic carbocycles. The van der Waals surface area contributed by atoms with E-state index < -0.39 is 11.9 Å². The van der Waals surface area contributed by atoms with Gasteiger partial charge in [0.1, 0.15) is 17.1 Å². The molecule has 1 aromatic heterocycles. The smallest absolute Gasteiger partial charge is 0.248 e. The largest absolute Gasteiger partial charge is 0.315 e. The van der Waals surface area contributed by atoms with E-state index in [1.807, 2.05) is 12.2 Å². The van der Waals surface area contributed by atoms with E-state index in [1.54, 1.807) is 6.92 Å². The number of amides is 3. The van der Waals surface area contributed by atoms with Gasteiger partial charge in [0.25, 0.3) is 0 Å². The SMILES string of the molecule is C[C@@H](C(=O)Nc1sc2c(c1C#N)CCCC2)N1C(=O)C2CC=CCC2C1=O. The molecule has 1 saturated heterocycles. The number of thiophene rings is 1. The number of aryl methyl sites for hydroxylation is 1. The summed E-state index contributed by atoms with van der Waals surface area (Å²) in [6, 6.07) is 1.33. The molecule has 2 unspecified atom stereocenters. The Bertz CT molecular complexity index is 869. The van der Waals surface area contributed by atoms with Crippen LogP contribution in [-0.2, 0) is 27.2 Å². The Morgan fingerprint density at radius 2 is 1.85 bits per heavy atom. The summed E-state index contributed by atoms with van der Waals surface area (Å²) in [6.07, 6.45) is 8.89. The van der Waals surface area contributed by atoms with Crippen molar-refractivity contribution in [3.63, 3.8) is 0 Å². The molecule has 0 saturated carbocycles. The molecule has 3 atom stereocenters. The molecule has 1 N–H and O–H groups in total. The van der Waals surface area contributed by atoms with Crippen molar-refractivity contribution in [3.8, 4) is 6.07 Å². The first-order valence-electron chi connectivity index (χ1n) is 9.40. The van der Waals surface area contributed by atoms with Gasteiger partial charge in [-0.1, -0.05) is 12.2 Å². The molecule has 0 radical (unpaired) electrons.